The van der Waals surface area contributed by atoms with Gasteiger partial charge in [0.05, 0.1) is 0 Å². The third kappa shape index (κ3) is 3.80. The Morgan fingerprint density at radius 3 is 2.68 bits per heavy atom. The van der Waals surface area contributed by atoms with Crippen LogP contribution in [-0.4, -0.2) is 12.4 Å². The van der Waals surface area contributed by atoms with Crippen molar-refractivity contribution in [3.05, 3.63) is 62.7 Å². The van der Waals surface area contributed by atoms with Crippen molar-refractivity contribution < 1.29 is 9.53 Å². The van der Waals surface area contributed by atoms with Crippen LogP contribution in [0.15, 0.2) is 42.5 Å². The van der Waals surface area contributed by atoms with Crippen LogP contribution in [0, 0.1) is 17.4 Å². The molecule has 0 radical (unpaired) electrons. The molecule has 19 heavy (non-hydrogen) atoms. The molecular weight excluding hydrogens is 351 g/mol. The van der Waals surface area contributed by atoms with Crippen molar-refractivity contribution in [2.24, 2.45) is 0 Å². The highest BCUT2D eigenvalue weighted by Crippen LogP contribution is 2.16. The van der Waals surface area contributed by atoms with Crippen LogP contribution in [0.4, 0.5) is 0 Å². The average Bonchev–Trinajstić information content (AvgIpc) is 2.39. The Bertz CT molecular complexity index is 605. The van der Waals surface area contributed by atoms with E-state index in [1.807, 2.05) is 56.3 Å². The normalized spacial score (nSPS) is 10.3. The predicted molar refractivity (Wildman–Crippen MR) is 84.9 cm³/mol. The number of benzene rings is 2. The van der Waals surface area contributed by atoms with Crippen molar-refractivity contribution in [2.75, 3.05) is 6.61 Å². The highest BCUT2D eigenvalue weighted by Gasteiger charge is 2.10. The molecule has 0 aliphatic rings. The summed E-state index contributed by atoms with van der Waals surface area (Å²) in [4.78, 5) is 12.1. The molecule has 2 aromatic carbocycles. The summed E-state index contributed by atoms with van der Waals surface area (Å²) in [6.07, 6.45) is 0. The third-order valence-corrected chi connectivity index (χ3v) is 3.53. The van der Waals surface area contributed by atoms with Gasteiger partial charge in [-0.15, -0.1) is 0 Å². The minimum atomic E-state index is 0.0139. The molecule has 0 bridgehead atoms. The summed E-state index contributed by atoms with van der Waals surface area (Å²) < 4.78 is 6.64. The first kappa shape index (κ1) is 14.1. The van der Waals surface area contributed by atoms with Crippen LogP contribution in [0.25, 0.3) is 0 Å². The summed E-state index contributed by atoms with van der Waals surface area (Å²) in [6, 6.07) is 13.6. The van der Waals surface area contributed by atoms with E-state index in [-0.39, 0.29) is 12.4 Å². The van der Waals surface area contributed by atoms with Gasteiger partial charge in [0.2, 0.25) is 0 Å². The summed E-state index contributed by atoms with van der Waals surface area (Å²) in [5.74, 6) is 0.741. The number of carbonyl (C=O) groups excluding carboxylic acids is 1. The molecule has 0 atom stereocenters. The van der Waals surface area contributed by atoms with Gasteiger partial charge in [-0.1, -0.05) is 23.8 Å². The summed E-state index contributed by atoms with van der Waals surface area (Å²) in [7, 11) is 0. The molecule has 0 unspecified atom stereocenters. The molecule has 0 aliphatic carbocycles. The Hall–Kier alpha value is -1.36. The van der Waals surface area contributed by atoms with Gasteiger partial charge in [-0.2, -0.15) is 0 Å². The Morgan fingerprint density at radius 2 is 1.95 bits per heavy atom. The molecule has 2 aromatic rings. The first-order valence-corrected chi connectivity index (χ1v) is 7.13. The zero-order valence-electron chi connectivity index (χ0n) is 10.9. The van der Waals surface area contributed by atoms with E-state index in [0.29, 0.717) is 0 Å². The molecule has 0 saturated carbocycles. The van der Waals surface area contributed by atoms with Gasteiger partial charge in [-0.05, 0) is 66.3 Å². The van der Waals surface area contributed by atoms with E-state index in [4.69, 9.17) is 4.74 Å². The maximum Gasteiger partial charge on any atom is 0.200 e. The molecule has 0 spiro atoms. The zero-order chi connectivity index (χ0) is 13.8. The lowest BCUT2D eigenvalue weighted by Crippen LogP contribution is -2.13. The Kier molecular flexibility index (Phi) is 4.58. The molecular formula is C16H15IO2. The van der Waals surface area contributed by atoms with Crippen LogP contribution in [0.2, 0.25) is 0 Å². The standard InChI is InChI=1S/C16H15IO2/c1-11-6-7-12(2)15(8-11)16(18)10-19-14-5-3-4-13(17)9-14/h3-9H,10H2,1-2H3. The monoisotopic (exact) mass is 366 g/mol. The zero-order valence-corrected chi connectivity index (χ0v) is 13.1. The number of ether oxygens (including phenoxy) is 1. The second-order valence-corrected chi connectivity index (χ2v) is 5.73. The van der Waals surface area contributed by atoms with Crippen LogP contribution in [0.3, 0.4) is 0 Å². The number of hydrogen-bond donors (Lipinski definition) is 0. The molecule has 3 heteroatoms. The topological polar surface area (TPSA) is 26.3 Å². The lowest BCUT2D eigenvalue weighted by molar-refractivity contribution is 0.0921. The van der Waals surface area contributed by atoms with E-state index in [0.717, 1.165) is 26.0 Å². The van der Waals surface area contributed by atoms with Crippen molar-refractivity contribution in [1.82, 2.24) is 0 Å². The number of Topliss-reactive ketones (excluding diaryl/α,β-unsaturated/α-hetero) is 1. The summed E-state index contributed by atoms with van der Waals surface area (Å²) in [5.41, 5.74) is 2.82. The van der Waals surface area contributed by atoms with Crippen LogP contribution in [0.5, 0.6) is 5.75 Å². The molecule has 2 nitrogen and oxygen atoms in total. The van der Waals surface area contributed by atoms with Crippen LogP contribution < -0.4 is 4.74 Å². The quantitative estimate of drug-likeness (QED) is 0.600. The van der Waals surface area contributed by atoms with Crippen LogP contribution in [-0.2, 0) is 0 Å². The summed E-state index contributed by atoms with van der Waals surface area (Å²) in [5, 5.41) is 0. The van der Waals surface area contributed by atoms with Gasteiger partial charge in [0.1, 0.15) is 5.75 Å². The van der Waals surface area contributed by atoms with E-state index < -0.39 is 0 Å². The Morgan fingerprint density at radius 1 is 1.16 bits per heavy atom. The molecule has 0 aromatic heterocycles. The van der Waals surface area contributed by atoms with Gasteiger partial charge < -0.3 is 4.74 Å². The number of carbonyl (C=O) groups is 1. The van der Waals surface area contributed by atoms with Gasteiger partial charge >= 0.3 is 0 Å². The highest BCUT2D eigenvalue weighted by atomic mass is 127. The SMILES string of the molecule is Cc1ccc(C)c(C(=O)COc2cccc(I)c2)c1. The third-order valence-electron chi connectivity index (χ3n) is 2.86. The summed E-state index contributed by atoms with van der Waals surface area (Å²) >= 11 is 2.22. The van der Waals surface area contributed by atoms with E-state index in [2.05, 4.69) is 22.6 Å². The fourth-order valence-corrected chi connectivity index (χ4v) is 2.33. The fourth-order valence-electron chi connectivity index (χ4n) is 1.82. The van der Waals surface area contributed by atoms with Crippen molar-refractivity contribution in [3.8, 4) is 5.75 Å². The molecule has 0 fully saturated rings. The van der Waals surface area contributed by atoms with Gasteiger partial charge in [0.15, 0.2) is 12.4 Å². The number of halogens is 1. The molecule has 0 N–H and O–H groups in total. The lowest BCUT2D eigenvalue weighted by Gasteiger charge is -2.08. The van der Waals surface area contributed by atoms with Crippen molar-refractivity contribution >= 4 is 28.4 Å². The largest absolute Gasteiger partial charge is 0.485 e. The number of ketones is 1. The Balaban J connectivity index is 2.07. The number of hydrogen-bond acceptors (Lipinski definition) is 2. The first-order valence-electron chi connectivity index (χ1n) is 6.05. The van der Waals surface area contributed by atoms with E-state index >= 15 is 0 Å². The number of rotatable bonds is 4. The van der Waals surface area contributed by atoms with E-state index in [1.54, 1.807) is 0 Å². The van der Waals surface area contributed by atoms with Crippen molar-refractivity contribution in [1.29, 1.82) is 0 Å². The summed E-state index contributed by atoms with van der Waals surface area (Å²) in [6.45, 7) is 4.00. The minimum absolute atomic E-state index is 0.0139. The molecule has 0 heterocycles. The first-order chi connectivity index (χ1) is 9.06. The lowest BCUT2D eigenvalue weighted by atomic mass is 10.0. The molecule has 0 aliphatic heterocycles. The maximum absolute atomic E-state index is 12.1. The fraction of sp³-hybridized carbons (Fsp3) is 0.188. The smallest absolute Gasteiger partial charge is 0.200 e. The number of aryl methyl sites for hydroxylation is 2. The molecule has 98 valence electrons. The van der Waals surface area contributed by atoms with Crippen molar-refractivity contribution in [3.63, 3.8) is 0 Å². The van der Waals surface area contributed by atoms with Gasteiger partial charge in [0.25, 0.3) is 0 Å². The van der Waals surface area contributed by atoms with E-state index in [9.17, 15) is 4.79 Å². The molecule has 0 amide bonds. The average molecular weight is 366 g/mol. The van der Waals surface area contributed by atoms with Crippen molar-refractivity contribution in [2.45, 2.75) is 13.8 Å². The second kappa shape index (κ2) is 6.19. The van der Waals surface area contributed by atoms with Crippen LogP contribution >= 0.6 is 22.6 Å². The maximum atomic E-state index is 12.1. The van der Waals surface area contributed by atoms with Gasteiger partial charge in [-0.25, -0.2) is 0 Å². The molecule has 2 rings (SSSR count). The highest BCUT2D eigenvalue weighted by molar-refractivity contribution is 14.1. The van der Waals surface area contributed by atoms with E-state index in [1.165, 1.54) is 0 Å². The minimum Gasteiger partial charge on any atom is -0.485 e. The van der Waals surface area contributed by atoms with Crippen LogP contribution in [0.1, 0.15) is 21.5 Å². The predicted octanol–water partition coefficient (Wildman–Crippen LogP) is 4.17. The molecule has 0 saturated heterocycles. The van der Waals surface area contributed by atoms with Gasteiger partial charge in [-0.3, -0.25) is 4.79 Å². The Labute approximate surface area is 126 Å². The van der Waals surface area contributed by atoms with Gasteiger partial charge in [0, 0.05) is 9.13 Å². The second-order valence-electron chi connectivity index (χ2n) is 4.49.